The van der Waals surface area contributed by atoms with Crippen LogP contribution in [0.15, 0.2) is 42.5 Å². The SMILES string of the molecule is O=C(c1ccc(Cl)cc1O)N1CCc2ccccc2C1. The molecule has 1 amide bonds. The summed E-state index contributed by atoms with van der Waals surface area (Å²) in [5.41, 5.74) is 2.76. The smallest absolute Gasteiger partial charge is 0.257 e. The van der Waals surface area contributed by atoms with Crippen molar-refractivity contribution in [3.63, 3.8) is 0 Å². The minimum Gasteiger partial charge on any atom is -0.507 e. The number of aromatic hydroxyl groups is 1. The predicted molar refractivity (Wildman–Crippen MR) is 78.0 cm³/mol. The first-order valence-corrected chi connectivity index (χ1v) is 6.87. The van der Waals surface area contributed by atoms with Gasteiger partial charge in [-0.3, -0.25) is 4.79 Å². The van der Waals surface area contributed by atoms with Gasteiger partial charge in [0.1, 0.15) is 5.75 Å². The fourth-order valence-corrected chi connectivity index (χ4v) is 2.69. The van der Waals surface area contributed by atoms with Crippen molar-refractivity contribution in [2.24, 2.45) is 0 Å². The van der Waals surface area contributed by atoms with Gasteiger partial charge >= 0.3 is 0 Å². The highest BCUT2D eigenvalue weighted by Gasteiger charge is 2.23. The minimum absolute atomic E-state index is 0.0682. The van der Waals surface area contributed by atoms with Gasteiger partial charge < -0.3 is 10.0 Å². The third-order valence-corrected chi connectivity index (χ3v) is 3.84. The Labute approximate surface area is 122 Å². The Kier molecular flexibility index (Phi) is 3.36. The van der Waals surface area contributed by atoms with E-state index in [1.165, 1.54) is 17.2 Å². The second-order valence-electron chi connectivity index (χ2n) is 4.91. The Bertz CT molecular complexity index is 669. The maximum atomic E-state index is 12.5. The van der Waals surface area contributed by atoms with Crippen LogP contribution in [0, 0.1) is 0 Å². The molecule has 0 fully saturated rings. The van der Waals surface area contributed by atoms with E-state index in [4.69, 9.17) is 11.6 Å². The van der Waals surface area contributed by atoms with E-state index in [1.54, 1.807) is 17.0 Å². The van der Waals surface area contributed by atoms with Crippen molar-refractivity contribution in [3.05, 3.63) is 64.2 Å². The molecule has 0 radical (unpaired) electrons. The fourth-order valence-electron chi connectivity index (χ4n) is 2.53. The first kappa shape index (κ1) is 13.0. The van der Waals surface area contributed by atoms with Crippen molar-refractivity contribution >= 4 is 17.5 Å². The maximum Gasteiger partial charge on any atom is 0.257 e. The molecule has 20 heavy (non-hydrogen) atoms. The van der Waals surface area contributed by atoms with Gasteiger partial charge in [-0.2, -0.15) is 0 Å². The molecule has 2 aromatic carbocycles. The molecule has 3 nitrogen and oxygen atoms in total. The number of halogens is 1. The van der Waals surface area contributed by atoms with Crippen molar-refractivity contribution in [1.82, 2.24) is 4.90 Å². The van der Waals surface area contributed by atoms with Crippen molar-refractivity contribution < 1.29 is 9.90 Å². The van der Waals surface area contributed by atoms with Crippen molar-refractivity contribution in [1.29, 1.82) is 0 Å². The molecule has 1 N–H and O–H groups in total. The topological polar surface area (TPSA) is 40.5 Å². The van der Waals surface area contributed by atoms with Crippen LogP contribution in [0.3, 0.4) is 0 Å². The molecular formula is C16H14ClNO2. The van der Waals surface area contributed by atoms with E-state index in [0.29, 0.717) is 23.7 Å². The number of rotatable bonds is 1. The van der Waals surface area contributed by atoms with Crippen LogP contribution in [0.4, 0.5) is 0 Å². The third kappa shape index (κ3) is 2.37. The first-order valence-electron chi connectivity index (χ1n) is 6.50. The Morgan fingerprint density at radius 2 is 1.90 bits per heavy atom. The highest BCUT2D eigenvalue weighted by Crippen LogP contribution is 2.26. The summed E-state index contributed by atoms with van der Waals surface area (Å²) in [4.78, 5) is 14.2. The summed E-state index contributed by atoms with van der Waals surface area (Å²) in [6.07, 6.45) is 0.844. The van der Waals surface area contributed by atoms with Crippen molar-refractivity contribution in [2.45, 2.75) is 13.0 Å². The Hall–Kier alpha value is -2.00. The van der Waals surface area contributed by atoms with Gasteiger partial charge in [0, 0.05) is 18.1 Å². The van der Waals surface area contributed by atoms with Gasteiger partial charge in [-0.25, -0.2) is 0 Å². The Balaban J connectivity index is 1.86. The quantitative estimate of drug-likeness (QED) is 0.875. The molecule has 2 aromatic rings. The molecule has 1 heterocycles. The Morgan fingerprint density at radius 1 is 1.15 bits per heavy atom. The molecule has 0 bridgehead atoms. The highest BCUT2D eigenvalue weighted by molar-refractivity contribution is 6.30. The normalized spacial score (nSPS) is 13.9. The zero-order valence-electron chi connectivity index (χ0n) is 10.8. The fraction of sp³-hybridized carbons (Fsp3) is 0.188. The highest BCUT2D eigenvalue weighted by atomic mass is 35.5. The molecule has 0 aliphatic carbocycles. The molecule has 102 valence electrons. The van der Waals surface area contributed by atoms with Gasteiger partial charge in [0.25, 0.3) is 5.91 Å². The summed E-state index contributed by atoms with van der Waals surface area (Å²) >= 11 is 5.79. The predicted octanol–water partition coefficient (Wildman–Crippen LogP) is 3.24. The van der Waals surface area contributed by atoms with Crippen LogP contribution in [-0.2, 0) is 13.0 Å². The van der Waals surface area contributed by atoms with Gasteiger partial charge in [0.05, 0.1) is 5.56 Å². The number of hydrogen-bond acceptors (Lipinski definition) is 2. The molecule has 0 saturated carbocycles. The molecule has 1 aliphatic rings. The summed E-state index contributed by atoms with van der Waals surface area (Å²) in [6, 6.07) is 12.7. The molecule has 0 spiro atoms. The van der Waals surface area contributed by atoms with E-state index >= 15 is 0 Å². The third-order valence-electron chi connectivity index (χ3n) is 3.61. The van der Waals surface area contributed by atoms with Crippen LogP contribution in [0.1, 0.15) is 21.5 Å². The van der Waals surface area contributed by atoms with E-state index in [-0.39, 0.29) is 11.7 Å². The summed E-state index contributed by atoms with van der Waals surface area (Å²) in [5.74, 6) is -0.227. The second kappa shape index (κ2) is 5.17. The van der Waals surface area contributed by atoms with E-state index in [9.17, 15) is 9.90 Å². The largest absolute Gasteiger partial charge is 0.507 e. The minimum atomic E-state index is -0.159. The van der Waals surface area contributed by atoms with Crippen molar-refractivity contribution in [3.8, 4) is 5.75 Å². The van der Waals surface area contributed by atoms with Gasteiger partial charge in [0.2, 0.25) is 0 Å². The van der Waals surface area contributed by atoms with E-state index < -0.39 is 0 Å². The standard InChI is InChI=1S/C16H14ClNO2/c17-13-5-6-14(15(19)9-13)16(20)18-8-7-11-3-1-2-4-12(11)10-18/h1-6,9,19H,7-8,10H2. The number of nitrogens with zero attached hydrogens (tertiary/aromatic N) is 1. The summed E-state index contributed by atoms with van der Waals surface area (Å²) in [5, 5.41) is 10.3. The van der Waals surface area contributed by atoms with Crippen LogP contribution >= 0.6 is 11.6 Å². The van der Waals surface area contributed by atoms with Crippen LogP contribution in [-0.4, -0.2) is 22.5 Å². The molecular weight excluding hydrogens is 274 g/mol. The number of carbonyl (C=O) groups excluding carboxylic acids is 1. The number of phenols is 1. The monoisotopic (exact) mass is 287 g/mol. The van der Waals surface area contributed by atoms with Gasteiger partial charge in [-0.15, -0.1) is 0 Å². The summed E-state index contributed by atoms with van der Waals surface area (Å²) in [6.45, 7) is 1.25. The maximum absolute atomic E-state index is 12.5. The summed E-state index contributed by atoms with van der Waals surface area (Å²) in [7, 11) is 0. The molecule has 1 aliphatic heterocycles. The lowest BCUT2D eigenvalue weighted by Crippen LogP contribution is -2.35. The van der Waals surface area contributed by atoms with Gasteiger partial charge in [-0.1, -0.05) is 35.9 Å². The zero-order chi connectivity index (χ0) is 14.1. The second-order valence-corrected chi connectivity index (χ2v) is 5.34. The van der Waals surface area contributed by atoms with Crippen molar-refractivity contribution in [2.75, 3.05) is 6.54 Å². The van der Waals surface area contributed by atoms with Crippen LogP contribution in [0.5, 0.6) is 5.75 Å². The number of benzene rings is 2. The zero-order valence-corrected chi connectivity index (χ0v) is 11.6. The van der Waals surface area contributed by atoms with Crippen LogP contribution in [0.25, 0.3) is 0 Å². The molecule has 0 saturated heterocycles. The first-order chi connectivity index (χ1) is 9.65. The molecule has 0 atom stereocenters. The van der Waals surface area contributed by atoms with E-state index in [0.717, 1.165) is 6.42 Å². The molecule has 0 aromatic heterocycles. The summed E-state index contributed by atoms with van der Waals surface area (Å²) < 4.78 is 0. The lowest BCUT2D eigenvalue weighted by molar-refractivity contribution is 0.0731. The number of phenolic OH excluding ortho intramolecular Hbond substituents is 1. The molecule has 0 unspecified atom stereocenters. The van der Waals surface area contributed by atoms with E-state index in [1.807, 2.05) is 18.2 Å². The average molecular weight is 288 g/mol. The number of amides is 1. The number of hydrogen-bond donors (Lipinski definition) is 1. The lowest BCUT2D eigenvalue weighted by Gasteiger charge is -2.29. The van der Waals surface area contributed by atoms with E-state index in [2.05, 4.69) is 6.07 Å². The average Bonchev–Trinajstić information content (AvgIpc) is 2.46. The molecule has 3 rings (SSSR count). The number of carbonyl (C=O) groups is 1. The number of fused-ring (bicyclic) bond motifs is 1. The lowest BCUT2D eigenvalue weighted by atomic mass is 9.99. The Morgan fingerprint density at radius 3 is 2.65 bits per heavy atom. The van der Waals surface area contributed by atoms with Gasteiger partial charge in [-0.05, 0) is 35.7 Å². The molecule has 4 heteroatoms. The van der Waals surface area contributed by atoms with Gasteiger partial charge in [0.15, 0.2) is 0 Å². The van der Waals surface area contributed by atoms with Crippen LogP contribution < -0.4 is 0 Å². The van der Waals surface area contributed by atoms with Crippen LogP contribution in [0.2, 0.25) is 5.02 Å².